The molecule has 1 aliphatic rings. The van der Waals surface area contributed by atoms with Crippen LogP contribution in [0.2, 0.25) is 0 Å². The highest BCUT2D eigenvalue weighted by molar-refractivity contribution is 5.95. The summed E-state index contributed by atoms with van der Waals surface area (Å²) < 4.78 is 1.96. The Labute approximate surface area is 143 Å². The lowest BCUT2D eigenvalue weighted by Gasteiger charge is -2.36. The van der Waals surface area contributed by atoms with Crippen molar-refractivity contribution in [2.24, 2.45) is 0 Å². The number of carbonyl (C=O) groups is 1. The second-order valence-corrected chi connectivity index (χ2v) is 6.68. The van der Waals surface area contributed by atoms with Crippen LogP contribution in [0.1, 0.15) is 42.4 Å². The van der Waals surface area contributed by atoms with Gasteiger partial charge in [-0.25, -0.2) is 0 Å². The van der Waals surface area contributed by atoms with E-state index < -0.39 is 0 Å². The highest BCUT2D eigenvalue weighted by Crippen LogP contribution is 2.16. The highest BCUT2D eigenvalue weighted by Gasteiger charge is 2.28. The number of aromatic nitrogens is 2. The predicted octanol–water partition coefficient (Wildman–Crippen LogP) is 2.32. The highest BCUT2D eigenvalue weighted by atomic mass is 16.2. The van der Waals surface area contributed by atoms with E-state index in [0.717, 1.165) is 30.8 Å². The minimum absolute atomic E-state index is 0.103. The third kappa shape index (κ3) is 3.51. The van der Waals surface area contributed by atoms with Crippen LogP contribution in [0.15, 0.2) is 36.5 Å². The van der Waals surface area contributed by atoms with Crippen LogP contribution in [-0.2, 0) is 13.0 Å². The van der Waals surface area contributed by atoms with Crippen molar-refractivity contribution in [2.75, 3.05) is 13.1 Å². The van der Waals surface area contributed by atoms with E-state index in [4.69, 9.17) is 0 Å². The number of nitrogens with one attached hydrogen (secondary N) is 1. The molecule has 0 unspecified atom stereocenters. The van der Waals surface area contributed by atoms with Crippen molar-refractivity contribution in [3.05, 3.63) is 53.3 Å². The van der Waals surface area contributed by atoms with E-state index in [1.165, 1.54) is 5.56 Å². The van der Waals surface area contributed by atoms with E-state index in [-0.39, 0.29) is 5.91 Å². The van der Waals surface area contributed by atoms with Crippen molar-refractivity contribution in [3.63, 3.8) is 0 Å². The van der Waals surface area contributed by atoms with Crippen molar-refractivity contribution in [2.45, 2.75) is 45.8 Å². The third-order valence-electron chi connectivity index (χ3n) is 4.53. The number of hydrogen-bond acceptors (Lipinski definition) is 3. The van der Waals surface area contributed by atoms with Gasteiger partial charge in [0.1, 0.15) is 0 Å². The van der Waals surface area contributed by atoms with E-state index in [2.05, 4.69) is 43.3 Å². The molecular formula is C19H26N4O. The van der Waals surface area contributed by atoms with Crippen LogP contribution >= 0.6 is 0 Å². The monoisotopic (exact) mass is 326 g/mol. The van der Waals surface area contributed by atoms with Crippen molar-refractivity contribution < 1.29 is 4.79 Å². The molecule has 1 aromatic heterocycles. The Kier molecular flexibility index (Phi) is 5.00. The Hall–Kier alpha value is -2.14. The fraction of sp³-hybridized carbons (Fsp3) is 0.474. The Morgan fingerprint density at radius 1 is 1.21 bits per heavy atom. The summed E-state index contributed by atoms with van der Waals surface area (Å²) in [6.45, 7) is 8.52. The maximum atomic E-state index is 13.0. The van der Waals surface area contributed by atoms with Crippen LogP contribution in [0.5, 0.6) is 0 Å². The number of amides is 1. The van der Waals surface area contributed by atoms with Gasteiger partial charge in [-0.3, -0.25) is 9.48 Å². The zero-order valence-electron chi connectivity index (χ0n) is 14.7. The lowest BCUT2D eigenvalue weighted by atomic mass is 10.1. The zero-order chi connectivity index (χ0) is 17.1. The van der Waals surface area contributed by atoms with Gasteiger partial charge >= 0.3 is 0 Å². The van der Waals surface area contributed by atoms with Gasteiger partial charge in [-0.2, -0.15) is 5.10 Å². The first-order valence-corrected chi connectivity index (χ1v) is 8.72. The zero-order valence-corrected chi connectivity index (χ0v) is 14.7. The van der Waals surface area contributed by atoms with Gasteiger partial charge in [-0.1, -0.05) is 37.3 Å². The first-order valence-electron chi connectivity index (χ1n) is 8.72. The third-order valence-corrected chi connectivity index (χ3v) is 4.53. The minimum atomic E-state index is 0.103. The van der Waals surface area contributed by atoms with Gasteiger partial charge in [0.25, 0.3) is 5.91 Å². The molecule has 2 heterocycles. The average Bonchev–Trinajstić information content (AvgIpc) is 2.96. The number of carbonyl (C=O) groups excluding carboxylic acids is 1. The molecule has 0 radical (unpaired) electrons. The summed E-state index contributed by atoms with van der Waals surface area (Å²) in [5.41, 5.74) is 2.95. The van der Waals surface area contributed by atoms with Gasteiger partial charge in [-0.15, -0.1) is 0 Å². The predicted molar refractivity (Wildman–Crippen MR) is 95.1 cm³/mol. The van der Waals surface area contributed by atoms with E-state index in [1.54, 1.807) is 6.20 Å². The fourth-order valence-corrected chi connectivity index (χ4v) is 3.52. The lowest BCUT2D eigenvalue weighted by Crippen LogP contribution is -2.55. The average molecular weight is 326 g/mol. The molecule has 1 N–H and O–H groups in total. The summed E-state index contributed by atoms with van der Waals surface area (Å²) in [4.78, 5) is 14.9. The summed E-state index contributed by atoms with van der Waals surface area (Å²) in [7, 11) is 0. The molecular weight excluding hydrogens is 300 g/mol. The molecule has 24 heavy (non-hydrogen) atoms. The van der Waals surface area contributed by atoms with Crippen molar-refractivity contribution >= 4 is 5.91 Å². The summed E-state index contributed by atoms with van der Waals surface area (Å²) in [5, 5.41) is 7.96. The van der Waals surface area contributed by atoms with Crippen molar-refractivity contribution in [1.82, 2.24) is 20.0 Å². The standard InChI is InChI=1S/C19H26N4O/c1-4-18-17(19(24)22-11-14(2)21-15(3)12-22)10-20-23(18)13-16-8-6-5-7-9-16/h5-10,14-15,21H,4,11-13H2,1-3H3/t14-,15+. The number of piperazine rings is 1. The van der Waals surface area contributed by atoms with Crippen LogP contribution in [0.4, 0.5) is 0 Å². The number of rotatable bonds is 4. The molecule has 1 aliphatic heterocycles. The van der Waals surface area contributed by atoms with Gasteiger partial charge in [0.2, 0.25) is 0 Å². The summed E-state index contributed by atoms with van der Waals surface area (Å²) in [6.07, 6.45) is 2.53. The van der Waals surface area contributed by atoms with Gasteiger partial charge in [0.15, 0.2) is 0 Å². The lowest BCUT2D eigenvalue weighted by molar-refractivity contribution is 0.0672. The molecule has 1 fully saturated rings. The number of hydrogen-bond donors (Lipinski definition) is 1. The molecule has 0 spiro atoms. The van der Waals surface area contributed by atoms with E-state index >= 15 is 0 Å². The molecule has 2 atom stereocenters. The molecule has 3 rings (SSSR count). The molecule has 0 saturated carbocycles. The molecule has 0 aliphatic carbocycles. The van der Waals surface area contributed by atoms with Gasteiger partial charge in [-0.05, 0) is 25.8 Å². The number of benzene rings is 1. The summed E-state index contributed by atoms with van der Waals surface area (Å²) >= 11 is 0. The smallest absolute Gasteiger partial charge is 0.257 e. The Bertz CT molecular complexity index is 685. The van der Waals surface area contributed by atoms with E-state index in [9.17, 15) is 4.79 Å². The van der Waals surface area contributed by atoms with Gasteiger partial charge in [0.05, 0.1) is 24.0 Å². The molecule has 2 aromatic rings. The maximum Gasteiger partial charge on any atom is 0.257 e. The topological polar surface area (TPSA) is 50.2 Å². The van der Waals surface area contributed by atoms with Crippen LogP contribution in [0.25, 0.3) is 0 Å². The summed E-state index contributed by atoms with van der Waals surface area (Å²) in [6, 6.07) is 10.9. The molecule has 1 amide bonds. The Balaban J connectivity index is 1.82. The van der Waals surface area contributed by atoms with E-state index in [1.807, 2.05) is 27.8 Å². The van der Waals surface area contributed by atoms with Gasteiger partial charge in [0, 0.05) is 25.2 Å². The van der Waals surface area contributed by atoms with E-state index in [0.29, 0.717) is 18.6 Å². The quantitative estimate of drug-likeness (QED) is 0.938. The van der Waals surface area contributed by atoms with Crippen LogP contribution in [-0.4, -0.2) is 45.8 Å². The van der Waals surface area contributed by atoms with Crippen LogP contribution in [0.3, 0.4) is 0 Å². The van der Waals surface area contributed by atoms with Crippen LogP contribution in [0, 0.1) is 0 Å². The van der Waals surface area contributed by atoms with Crippen LogP contribution < -0.4 is 5.32 Å². The summed E-state index contributed by atoms with van der Waals surface area (Å²) in [5.74, 6) is 0.103. The molecule has 1 saturated heterocycles. The molecule has 1 aromatic carbocycles. The molecule has 128 valence electrons. The first kappa shape index (κ1) is 16.7. The Morgan fingerprint density at radius 2 is 1.88 bits per heavy atom. The second-order valence-electron chi connectivity index (χ2n) is 6.68. The van der Waals surface area contributed by atoms with Crippen molar-refractivity contribution in [1.29, 1.82) is 0 Å². The minimum Gasteiger partial charge on any atom is -0.335 e. The number of nitrogens with zero attached hydrogens (tertiary/aromatic N) is 3. The second kappa shape index (κ2) is 7.18. The Morgan fingerprint density at radius 3 is 2.50 bits per heavy atom. The molecule has 0 bridgehead atoms. The largest absolute Gasteiger partial charge is 0.335 e. The molecule has 5 nitrogen and oxygen atoms in total. The normalized spacial score (nSPS) is 21.0. The SMILES string of the molecule is CCc1c(C(=O)N2C[C@@H](C)N[C@@H](C)C2)cnn1Cc1ccccc1. The maximum absolute atomic E-state index is 13.0. The fourth-order valence-electron chi connectivity index (χ4n) is 3.52. The first-order chi connectivity index (χ1) is 11.6. The van der Waals surface area contributed by atoms with Crippen molar-refractivity contribution in [3.8, 4) is 0 Å². The molecule has 5 heteroatoms. The van der Waals surface area contributed by atoms with Gasteiger partial charge < -0.3 is 10.2 Å².